The fraction of sp³-hybridized carbons (Fsp3) is 0.474. The highest BCUT2D eigenvalue weighted by Crippen LogP contribution is 2.34. The Balaban J connectivity index is 1.54. The molecule has 1 saturated heterocycles. The summed E-state index contributed by atoms with van der Waals surface area (Å²) in [5.74, 6) is 0.750. The van der Waals surface area contributed by atoms with Crippen LogP contribution in [0.1, 0.15) is 42.5 Å². The summed E-state index contributed by atoms with van der Waals surface area (Å²) in [6.07, 6.45) is 8.86. The number of benzene rings is 1. The van der Waals surface area contributed by atoms with Crippen LogP contribution in [0.15, 0.2) is 41.3 Å². The van der Waals surface area contributed by atoms with E-state index in [-0.39, 0.29) is 11.5 Å². The molecule has 24 heavy (non-hydrogen) atoms. The monoisotopic (exact) mass is 326 g/mol. The molecule has 1 spiro atoms. The van der Waals surface area contributed by atoms with Crippen molar-refractivity contribution in [3.63, 3.8) is 0 Å². The average molecular weight is 326 g/mol. The summed E-state index contributed by atoms with van der Waals surface area (Å²) in [5.41, 5.74) is 1.45. The average Bonchev–Trinajstić information content (AvgIpc) is 3.17. The van der Waals surface area contributed by atoms with Crippen molar-refractivity contribution in [3.8, 4) is 11.3 Å². The van der Waals surface area contributed by atoms with Crippen LogP contribution in [0.5, 0.6) is 0 Å². The van der Waals surface area contributed by atoms with Crippen LogP contribution < -0.4 is 0 Å². The molecule has 1 aromatic heterocycles. The van der Waals surface area contributed by atoms with Gasteiger partial charge in [-0.15, -0.1) is 0 Å². The van der Waals surface area contributed by atoms with E-state index in [1.54, 1.807) is 6.20 Å². The van der Waals surface area contributed by atoms with E-state index in [1.807, 2.05) is 29.2 Å². The Labute approximate surface area is 141 Å². The molecular formula is C19H22N2O3. The van der Waals surface area contributed by atoms with Gasteiger partial charge in [-0.1, -0.05) is 31.4 Å². The number of amides is 1. The van der Waals surface area contributed by atoms with Crippen LogP contribution in [-0.2, 0) is 4.74 Å². The van der Waals surface area contributed by atoms with E-state index in [0.29, 0.717) is 31.0 Å². The highest BCUT2D eigenvalue weighted by molar-refractivity contribution is 5.95. The highest BCUT2D eigenvalue weighted by Gasteiger charge is 2.39. The third kappa shape index (κ3) is 2.96. The first-order valence-corrected chi connectivity index (χ1v) is 8.68. The minimum Gasteiger partial charge on any atom is -0.444 e. The summed E-state index contributed by atoms with van der Waals surface area (Å²) >= 11 is 0. The van der Waals surface area contributed by atoms with Gasteiger partial charge in [-0.25, -0.2) is 4.98 Å². The molecule has 1 saturated carbocycles. The van der Waals surface area contributed by atoms with Crippen LogP contribution in [0.25, 0.3) is 11.3 Å². The molecule has 2 fully saturated rings. The topological polar surface area (TPSA) is 55.6 Å². The quantitative estimate of drug-likeness (QED) is 0.847. The predicted molar refractivity (Wildman–Crippen MR) is 89.6 cm³/mol. The van der Waals surface area contributed by atoms with E-state index in [1.165, 1.54) is 25.7 Å². The summed E-state index contributed by atoms with van der Waals surface area (Å²) < 4.78 is 11.4. The van der Waals surface area contributed by atoms with Crippen molar-refractivity contribution in [1.29, 1.82) is 0 Å². The molecule has 5 heteroatoms. The molecule has 2 heterocycles. The first-order valence-electron chi connectivity index (χ1n) is 8.68. The lowest BCUT2D eigenvalue weighted by atomic mass is 9.83. The highest BCUT2D eigenvalue weighted by atomic mass is 16.5. The number of carbonyl (C=O) groups is 1. The Hall–Kier alpha value is -2.14. The Bertz CT molecular complexity index is 700. The molecule has 1 aromatic carbocycles. The van der Waals surface area contributed by atoms with Crippen molar-refractivity contribution in [3.05, 3.63) is 42.4 Å². The SMILES string of the molecule is O=C(c1cccc(-c2cnco2)c1)N1CCOC2(CCCCC2)C1. The van der Waals surface area contributed by atoms with E-state index in [0.717, 1.165) is 18.4 Å². The lowest BCUT2D eigenvalue weighted by Crippen LogP contribution is -2.54. The number of aromatic nitrogens is 1. The number of nitrogens with zero attached hydrogens (tertiary/aromatic N) is 2. The van der Waals surface area contributed by atoms with Gasteiger partial charge in [0.05, 0.1) is 24.9 Å². The van der Waals surface area contributed by atoms with Crippen LogP contribution in [0, 0.1) is 0 Å². The largest absolute Gasteiger partial charge is 0.444 e. The van der Waals surface area contributed by atoms with Gasteiger partial charge in [-0.05, 0) is 25.0 Å². The number of rotatable bonds is 2. The Morgan fingerprint density at radius 3 is 2.88 bits per heavy atom. The smallest absolute Gasteiger partial charge is 0.254 e. The van der Waals surface area contributed by atoms with Gasteiger partial charge < -0.3 is 14.1 Å². The van der Waals surface area contributed by atoms with E-state index in [9.17, 15) is 4.79 Å². The lowest BCUT2D eigenvalue weighted by molar-refractivity contribution is -0.117. The van der Waals surface area contributed by atoms with Gasteiger partial charge in [-0.3, -0.25) is 4.79 Å². The number of ether oxygens (including phenoxy) is 1. The molecule has 0 N–H and O–H groups in total. The second kappa shape index (κ2) is 6.40. The van der Waals surface area contributed by atoms with Crippen molar-refractivity contribution >= 4 is 5.91 Å². The summed E-state index contributed by atoms with van der Waals surface area (Å²) in [5, 5.41) is 0. The van der Waals surface area contributed by atoms with Crippen LogP contribution in [0.2, 0.25) is 0 Å². The van der Waals surface area contributed by atoms with Crippen LogP contribution in [0.4, 0.5) is 0 Å². The maximum atomic E-state index is 13.0. The Kier molecular flexibility index (Phi) is 4.10. The van der Waals surface area contributed by atoms with E-state index >= 15 is 0 Å². The molecule has 2 aliphatic rings. The molecule has 5 nitrogen and oxygen atoms in total. The molecule has 0 bridgehead atoms. The first-order chi connectivity index (χ1) is 11.8. The fourth-order valence-corrected chi connectivity index (χ4v) is 3.86. The lowest BCUT2D eigenvalue weighted by Gasteiger charge is -2.45. The molecule has 0 radical (unpaired) electrons. The predicted octanol–water partition coefficient (Wildman–Crippen LogP) is 3.52. The molecule has 1 aliphatic carbocycles. The van der Waals surface area contributed by atoms with Crippen molar-refractivity contribution in [2.24, 2.45) is 0 Å². The number of hydrogen-bond acceptors (Lipinski definition) is 4. The third-order valence-corrected chi connectivity index (χ3v) is 5.13. The van der Waals surface area contributed by atoms with Gasteiger partial charge >= 0.3 is 0 Å². The summed E-state index contributed by atoms with van der Waals surface area (Å²) in [6.45, 7) is 2.00. The van der Waals surface area contributed by atoms with Crippen LogP contribution >= 0.6 is 0 Å². The van der Waals surface area contributed by atoms with Gasteiger partial charge in [-0.2, -0.15) is 0 Å². The van der Waals surface area contributed by atoms with Gasteiger partial charge in [0, 0.05) is 17.7 Å². The second-order valence-electron chi connectivity index (χ2n) is 6.77. The molecule has 0 unspecified atom stereocenters. The van der Waals surface area contributed by atoms with Crippen LogP contribution in [-0.4, -0.2) is 41.1 Å². The number of hydrogen-bond donors (Lipinski definition) is 0. The summed E-state index contributed by atoms with van der Waals surface area (Å²) in [7, 11) is 0. The normalized spacial score (nSPS) is 20.2. The van der Waals surface area contributed by atoms with Gasteiger partial charge in [0.15, 0.2) is 12.2 Å². The van der Waals surface area contributed by atoms with Gasteiger partial charge in [0.1, 0.15) is 0 Å². The zero-order valence-corrected chi connectivity index (χ0v) is 13.7. The molecule has 4 rings (SSSR count). The molecular weight excluding hydrogens is 304 g/mol. The molecule has 1 amide bonds. The standard InChI is InChI=1S/C19H22N2O3/c22-18(16-6-4-5-15(11-16)17-12-20-14-23-17)21-9-10-24-19(13-21)7-2-1-3-8-19/h4-6,11-12,14H,1-3,7-10,13H2. The number of oxazole rings is 1. The molecule has 126 valence electrons. The Morgan fingerprint density at radius 2 is 2.08 bits per heavy atom. The van der Waals surface area contributed by atoms with Crippen LogP contribution in [0.3, 0.4) is 0 Å². The van der Waals surface area contributed by atoms with E-state index in [2.05, 4.69) is 4.98 Å². The molecule has 2 aromatic rings. The van der Waals surface area contributed by atoms with Crippen molar-refractivity contribution in [1.82, 2.24) is 9.88 Å². The number of morpholine rings is 1. The van der Waals surface area contributed by atoms with Crippen molar-refractivity contribution < 1.29 is 13.9 Å². The molecule has 1 aliphatic heterocycles. The van der Waals surface area contributed by atoms with Crippen molar-refractivity contribution in [2.45, 2.75) is 37.7 Å². The summed E-state index contributed by atoms with van der Waals surface area (Å²) in [6, 6.07) is 7.57. The first kappa shape index (κ1) is 15.4. The summed E-state index contributed by atoms with van der Waals surface area (Å²) in [4.78, 5) is 18.9. The maximum Gasteiger partial charge on any atom is 0.254 e. The number of carbonyl (C=O) groups excluding carboxylic acids is 1. The minimum absolute atomic E-state index is 0.0737. The zero-order chi connectivity index (χ0) is 16.4. The molecule has 0 atom stereocenters. The zero-order valence-electron chi connectivity index (χ0n) is 13.7. The maximum absolute atomic E-state index is 13.0. The van der Waals surface area contributed by atoms with E-state index < -0.39 is 0 Å². The minimum atomic E-state index is -0.116. The second-order valence-corrected chi connectivity index (χ2v) is 6.77. The van der Waals surface area contributed by atoms with Crippen molar-refractivity contribution in [2.75, 3.05) is 19.7 Å². The van der Waals surface area contributed by atoms with Gasteiger partial charge in [0.2, 0.25) is 0 Å². The van der Waals surface area contributed by atoms with Gasteiger partial charge in [0.25, 0.3) is 5.91 Å². The fourth-order valence-electron chi connectivity index (χ4n) is 3.86. The Morgan fingerprint density at radius 1 is 1.21 bits per heavy atom. The third-order valence-electron chi connectivity index (χ3n) is 5.13. The van der Waals surface area contributed by atoms with E-state index in [4.69, 9.17) is 9.15 Å².